The van der Waals surface area contributed by atoms with Gasteiger partial charge in [0.2, 0.25) is 0 Å². The molecule has 1 saturated carbocycles. The van der Waals surface area contributed by atoms with Gasteiger partial charge < -0.3 is 19.5 Å². The summed E-state index contributed by atoms with van der Waals surface area (Å²) in [6, 6.07) is 5.47. The number of amides is 1. The molecule has 1 N–H and O–H groups in total. The normalized spacial score (nSPS) is 15.0. The molecule has 130 valence electrons. The summed E-state index contributed by atoms with van der Waals surface area (Å²) in [6.45, 7) is 1.68. The number of esters is 1. The third kappa shape index (κ3) is 5.01. The maximum absolute atomic E-state index is 11.7. The fourth-order valence-corrected chi connectivity index (χ4v) is 2.40. The molecule has 0 aliphatic heterocycles. The second kappa shape index (κ2) is 8.38. The van der Waals surface area contributed by atoms with E-state index in [0.29, 0.717) is 23.0 Å². The molecule has 0 heterocycles. The van der Waals surface area contributed by atoms with Crippen LogP contribution in [-0.2, 0) is 14.3 Å². The topological polar surface area (TPSA) is 73.9 Å². The number of ether oxygens (including phenoxy) is 3. The number of carbonyl (C=O) groups is 2. The van der Waals surface area contributed by atoms with Gasteiger partial charge in [-0.05, 0) is 37.8 Å². The van der Waals surface area contributed by atoms with Crippen molar-refractivity contribution in [3.63, 3.8) is 0 Å². The minimum atomic E-state index is -0.589. The smallest absolute Gasteiger partial charge is 0.331 e. The van der Waals surface area contributed by atoms with Crippen LogP contribution in [0.25, 0.3) is 6.08 Å². The fraction of sp³-hybridized carbons (Fsp3) is 0.444. The van der Waals surface area contributed by atoms with Gasteiger partial charge in [0, 0.05) is 17.7 Å². The van der Waals surface area contributed by atoms with Crippen LogP contribution in [0, 0.1) is 5.92 Å². The van der Waals surface area contributed by atoms with Gasteiger partial charge in [-0.2, -0.15) is 0 Å². The molecule has 0 saturated heterocycles. The van der Waals surface area contributed by atoms with Gasteiger partial charge in [0.05, 0.1) is 14.2 Å². The number of carbonyl (C=O) groups excluding carboxylic acids is 2. The average Bonchev–Trinajstić information content (AvgIpc) is 3.42. The molecular weight excluding hydrogens is 310 g/mol. The maximum atomic E-state index is 11.7. The first-order valence-corrected chi connectivity index (χ1v) is 7.90. The molecule has 0 radical (unpaired) electrons. The number of nitrogens with one attached hydrogen (secondary N) is 1. The molecule has 0 bridgehead atoms. The third-order valence-electron chi connectivity index (χ3n) is 3.90. The number of methoxy groups -OCH3 is 2. The molecule has 2 rings (SSSR count). The van der Waals surface area contributed by atoms with Gasteiger partial charge in [0.25, 0.3) is 5.91 Å². The van der Waals surface area contributed by atoms with Crippen molar-refractivity contribution in [3.05, 3.63) is 29.8 Å². The molecule has 1 aromatic rings. The summed E-state index contributed by atoms with van der Waals surface area (Å²) in [6.07, 6.45) is 5.11. The van der Waals surface area contributed by atoms with Crippen LogP contribution in [-0.4, -0.2) is 38.7 Å². The monoisotopic (exact) mass is 333 g/mol. The SMILES string of the molecule is COc1cccc(/C=C/C(=O)OCC(=O)N[C@@H](C)C2CC2)c1OC. The molecule has 1 aromatic carbocycles. The highest BCUT2D eigenvalue weighted by Gasteiger charge is 2.28. The first-order valence-electron chi connectivity index (χ1n) is 7.90. The van der Waals surface area contributed by atoms with Crippen LogP contribution < -0.4 is 14.8 Å². The molecule has 0 spiro atoms. The molecule has 0 aromatic heterocycles. The highest BCUT2D eigenvalue weighted by Crippen LogP contribution is 2.32. The Bertz CT molecular complexity index is 622. The minimum absolute atomic E-state index is 0.132. The lowest BCUT2D eigenvalue weighted by molar-refractivity contribution is -0.144. The van der Waals surface area contributed by atoms with Gasteiger partial charge in [-0.3, -0.25) is 4.79 Å². The number of benzene rings is 1. The van der Waals surface area contributed by atoms with E-state index in [9.17, 15) is 9.59 Å². The Hall–Kier alpha value is -2.50. The zero-order valence-corrected chi connectivity index (χ0v) is 14.2. The van der Waals surface area contributed by atoms with Crippen molar-refractivity contribution in [1.82, 2.24) is 5.32 Å². The van der Waals surface area contributed by atoms with Crippen molar-refractivity contribution in [2.45, 2.75) is 25.8 Å². The Morgan fingerprint density at radius 1 is 1.29 bits per heavy atom. The summed E-state index contributed by atoms with van der Waals surface area (Å²) in [4.78, 5) is 23.4. The van der Waals surface area contributed by atoms with Crippen molar-refractivity contribution >= 4 is 18.0 Å². The lowest BCUT2D eigenvalue weighted by Crippen LogP contribution is -2.36. The van der Waals surface area contributed by atoms with Crippen LogP contribution >= 0.6 is 0 Å². The van der Waals surface area contributed by atoms with Crippen molar-refractivity contribution in [1.29, 1.82) is 0 Å². The van der Waals surface area contributed by atoms with E-state index in [1.54, 1.807) is 31.4 Å². The molecular formula is C18H23NO5. The van der Waals surface area contributed by atoms with Crippen molar-refractivity contribution < 1.29 is 23.8 Å². The highest BCUT2D eigenvalue weighted by atomic mass is 16.5. The zero-order valence-electron chi connectivity index (χ0n) is 14.2. The minimum Gasteiger partial charge on any atom is -0.493 e. The summed E-state index contributed by atoms with van der Waals surface area (Å²) in [5.74, 6) is 0.788. The summed E-state index contributed by atoms with van der Waals surface area (Å²) in [5.41, 5.74) is 0.681. The number of para-hydroxylation sites is 1. The molecule has 6 heteroatoms. The van der Waals surface area contributed by atoms with Crippen molar-refractivity contribution in [2.75, 3.05) is 20.8 Å². The van der Waals surface area contributed by atoms with E-state index in [2.05, 4.69) is 5.32 Å². The molecule has 1 fully saturated rings. The summed E-state index contributed by atoms with van der Waals surface area (Å²) >= 11 is 0. The van der Waals surface area contributed by atoms with Gasteiger partial charge >= 0.3 is 5.97 Å². The number of hydrogen-bond donors (Lipinski definition) is 1. The lowest BCUT2D eigenvalue weighted by atomic mass is 10.1. The van der Waals surface area contributed by atoms with E-state index in [4.69, 9.17) is 14.2 Å². The Kier molecular flexibility index (Phi) is 6.23. The fourth-order valence-electron chi connectivity index (χ4n) is 2.40. The zero-order chi connectivity index (χ0) is 17.5. The van der Waals surface area contributed by atoms with Gasteiger partial charge in [-0.1, -0.05) is 12.1 Å². The van der Waals surface area contributed by atoms with Crippen molar-refractivity contribution in [3.8, 4) is 11.5 Å². The largest absolute Gasteiger partial charge is 0.493 e. The number of rotatable bonds is 8. The van der Waals surface area contributed by atoms with E-state index >= 15 is 0 Å². The Morgan fingerprint density at radius 2 is 2.04 bits per heavy atom. The first-order chi connectivity index (χ1) is 11.5. The molecule has 1 aliphatic rings. The molecule has 1 atom stereocenters. The Balaban J connectivity index is 1.85. The summed E-state index contributed by atoms with van der Waals surface area (Å²) < 4.78 is 15.4. The Labute approximate surface area is 141 Å². The summed E-state index contributed by atoms with van der Waals surface area (Å²) in [5, 5.41) is 2.83. The van der Waals surface area contributed by atoms with Crippen LogP contribution in [0.15, 0.2) is 24.3 Å². The van der Waals surface area contributed by atoms with Gasteiger partial charge in [0.1, 0.15) is 0 Å². The Morgan fingerprint density at radius 3 is 2.67 bits per heavy atom. The molecule has 24 heavy (non-hydrogen) atoms. The average molecular weight is 333 g/mol. The van der Waals surface area contributed by atoms with Crippen molar-refractivity contribution in [2.24, 2.45) is 5.92 Å². The van der Waals surface area contributed by atoms with E-state index in [1.807, 2.05) is 6.92 Å². The van der Waals surface area contributed by atoms with Crippen LogP contribution in [0.2, 0.25) is 0 Å². The van der Waals surface area contributed by atoms with E-state index in [0.717, 1.165) is 12.8 Å². The van der Waals surface area contributed by atoms with Crippen LogP contribution in [0.1, 0.15) is 25.3 Å². The predicted octanol–water partition coefficient (Wildman–Crippen LogP) is 2.17. The van der Waals surface area contributed by atoms with Gasteiger partial charge in [-0.15, -0.1) is 0 Å². The van der Waals surface area contributed by atoms with Gasteiger partial charge in [0.15, 0.2) is 18.1 Å². The summed E-state index contributed by atoms with van der Waals surface area (Å²) in [7, 11) is 3.07. The van der Waals surface area contributed by atoms with E-state index in [-0.39, 0.29) is 18.6 Å². The van der Waals surface area contributed by atoms with Crippen LogP contribution in [0.5, 0.6) is 11.5 Å². The lowest BCUT2D eigenvalue weighted by Gasteiger charge is -2.12. The molecule has 1 aliphatic carbocycles. The maximum Gasteiger partial charge on any atom is 0.331 e. The van der Waals surface area contributed by atoms with Crippen LogP contribution in [0.3, 0.4) is 0 Å². The highest BCUT2D eigenvalue weighted by molar-refractivity contribution is 5.89. The third-order valence-corrected chi connectivity index (χ3v) is 3.90. The predicted molar refractivity (Wildman–Crippen MR) is 89.9 cm³/mol. The molecule has 0 unspecified atom stereocenters. The van der Waals surface area contributed by atoms with E-state index < -0.39 is 5.97 Å². The van der Waals surface area contributed by atoms with Gasteiger partial charge in [-0.25, -0.2) is 4.79 Å². The number of hydrogen-bond acceptors (Lipinski definition) is 5. The second-order valence-electron chi connectivity index (χ2n) is 5.72. The molecule has 6 nitrogen and oxygen atoms in total. The van der Waals surface area contributed by atoms with E-state index in [1.165, 1.54) is 13.2 Å². The first kappa shape index (κ1) is 17.8. The second-order valence-corrected chi connectivity index (χ2v) is 5.72. The standard InChI is InChI=1S/C18H23NO5/c1-12(13-7-8-13)19-16(20)11-24-17(21)10-9-14-5-4-6-15(22-2)18(14)23-3/h4-6,9-10,12-13H,7-8,11H2,1-3H3,(H,19,20)/b10-9+/t12-/m0/s1. The quantitative estimate of drug-likeness (QED) is 0.583. The van der Waals surface area contributed by atoms with Crippen LogP contribution in [0.4, 0.5) is 0 Å². The molecule has 1 amide bonds.